The van der Waals surface area contributed by atoms with Gasteiger partial charge >= 0.3 is 6.09 Å². The molecule has 1 fully saturated rings. The number of aliphatic hydroxyl groups excluding tert-OH is 2. The molecule has 4 aromatic carbocycles. The molecule has 2 amide bonds. The lowest BCUT2D eigenvalue weighted by Gasteiger charge is -2.37. The zero-order valence-corrected chi connectivity index (χ0v) is 37.2. The Morgan fingerprint density at radius 3 is 2.02 bits per heavy atom. The topological polar surface area (TPSA) is 176 Å². The zero-order valence-electron chi connectivity index (χ0n) is 36.2. The van der Waals surface area contributed by atoms with Gasteiger partial charge < -0.3 is 49.1 Å². The molecule has 0 aliphatic carbocycles. The summed E-state index contributed by atoms with van der Waals surface area (Å²) in [6, 6.07) is 34.6. The third-order valence-corrected chi connectivity index (χ3v) is 12.9. The third-order valence-electron chi connectivity index (χ3n) is 11.2. The Kier molecular flexibility index (Phi) is 14.2. The summed E-state index contributed by atoms with van der Waals surface area (Å²) in [5.74, 6) is 1.25. The first-order valence-corrected chi connectivity index (χ1v) is 24.7. The molecule has 4 atom stereocenters. The molecule has 0 spiro atoms. The van der Waals surface area contributed by atoms with Gasteiger partial charge in [-0.25, -0.2) is 14.8 Å². The summed E-state index contributed by atoms with van der Waals surface area (Å²) in [6.07, 6.45) is -1.29. The fourth-order valence-corrected chi connectivity index (χ4v) is 8.47. The van der Waals surface area contributed by atoms with E-state index < -0.39 is 44.3 Å². The van der Waals surface area contributed by atoms with Crippen LogP contribution in [0.1, 0.15) is 45.3 Å². The molecule has 3 heterocycles. The molecule has 6 aromatic rings. The first-order valence-electron chi connectivity index (χ1n) is 21.0. The number of fused-ring (bicyclic) bond motifs is 1. The number of ether oxygens (including phenoxy) is 5. The number of rotatable bonds is 18. The van der Waals surface area contributed by atoms with E-state index >= 15 is 0 Å². The maximum absolute atomic E-state index is 13.4. The van der Waals surface area contributed by atoms with Crippen LogP contribution in [0.25, 0.3) is 11.0 Å². The van der Waals surface area contributed by atoms with Crippen molar-refractivity contribution in [1.29, 1.82) is 0 Å². The van der Waals surface area contributed by atoms with Gasteiger partial charge in [0.2, 0.25) is 0 Å². The monoisotopic (exact) mass is 873 g/mol. The van der Waals surface area contributed by atoms with E-state index in [1.807, 2.05) is 84.9 Å². The number of benzene rings is 4. The van der Waals surface area contributed by atoms with Crippen LogP contribution in [0.5, 0.6) is 11.5 Å². The van der Waals surface area contributed by atoms with Crippen LogP contribution < -0.4 is 20.1 Å². The Labute approximate surface area is 368 Å². The Morgan fingerprint density at radius 1 is 0.810 bits per heavy atom. The fourth-order valence-electron chi connectivity index (χ4n) is 7.76. The van der Waals surface area contributed by atoms with Crippen molar-refractivity contribution >= 4 is 36.9 Å². The number of aryl methyl sites for hydroxylation is 1. The van der Waals surface area contributed by atoms with E-state index in [0.29, 0.717) is 54.1 Å². The molecule has 0 saturated carbocycles. The minimum atomic E-state index is -1.40. The zero-order chi connectivity index (χ0) is 44.6. The molecule has 0 unspecified atom stereocenters. The van der Waals surface area contributed by atoms with E-state index in [2.05, 4.69) is 40.2 Å². The number of nitrogens with one attached hydrogen (secondary N) is 2. The highest BCUT2D eigenvalue weighted by molar-refractivity contribution is 6.76. The summed E-state index contributed by atoms with van der Waals surface area (Å²) < 4.78 is 31.7. The van der Waals surface area contributed by atoms with Gasteiger partial charge in [0.05, 0.1) is 32.8 Å². The first kappa shape index (κ1) is 44.9. The highest BCUT2D eigenvalue weighted by atomic mass is 28.3. The van der Waals surface area contributed by atoms with E-state index in [0.717, 1.165) is 28.3 Å². The van der Waals surface area contributed by atoms with E-state index in [1.165, 1.54) is 6.33 Å². The van der Waals surface area contributed by atoms with Gasteiger partial charge in [-0.1, -0.05) is 92.4 Å². The number of aromatic nitrogens is 3. The molecular formula is C48H55N5O9Si. The maximum Gasteiger partial charge on any atom is 0.407 e. The van der Waals surface area contributed by atoms with Crippen LogP contribution in [-0.4, -0.2) is 97.1 Å². The lowest BCUT2D eigenvalue weighted by molar-refractivity contribution is -0.0941. The van der Waals surface area contributed by atoms with Crippen molar-refractivity contribution < 1.29 is 43.5 Å². The average Bonchev–Trinajstić information content (AvgIpc) is 3.81. The molecule has 15 heteroatoms. The van der Waals surface area contributed by atoms with Gasteiger partial charge in [0.15, 0.2) is 6.23 Å². The van der Waals surface area contributed by atoms with Gasteiger partial charge in [-0.3, -0.25) is 4.79 Å². The van der Waals surface area contributed by atoms with Crippen molar-refractivity contribution in [2.75, 3.05) is 39.3 Å². The largest absolute Gasteiger partial charge is 0.497 e. The van der Waals surface area contributed by atoms with E-state index in [9.17, 15) is 19.8 Å². The van der Waals surface area contributed by atoms with E-state index in [1.54, 1.807) is 49.2 Å². The summed E-state index contributed by atoms with van der Waals surface area (Å²) in [4.78, 5) is 35.0. The second-order valence-electron chi connectivity index (χ2n) is 16.6. The standard InChI is InChI=1S/C48H55N5O9Si/c1-58-37-22-18-35(19-23-37)48(34-16-10-7-11-17-34,36-20-24-38(59-2)25-21-36)61-30-39-41(54)42(55)46(62-39)53-29-33(15-12-26-49-47(57)60-27-28-63(3,4)5)40-43(50-31-51-44(40)53)52-45(56)32-13-8-6-9-14-32/h6-11,13-14,16-25,29,31,39,41-42,46,54-55H,12,15,26-28,30H2,1-5H3,(H,49,57)(H,50,51,52,56)/t39-,41-,42-,46-/m1/s1. The lowest BCUT2D eigenvalue weighted by atomic mass is 9.80. The highest BCUT2D eigenvalue weighted by Crippen LogP contribution is 2.43. The van der Waals surface area contributed by atoms with Crippen molar-refractivity contribution in [2.24, 2.45) is 0 Å². The molecule has 1 saturated heterocycles. The van der Waals surface area contributed by atoms with Gasteiger partial charge in [0.1, 0.15) is 53.2 Å². The number of carbonyl (C=O) groups excluding carboxylic acids is 2. The second-order valence-corrected chi connectivity index (χ2v) is 22.3. The van der Waals surface area contributed by atoms with Gasteiger partial charge in [0.25, 0.3) is 5.91 Å². The van der Waals surface area contributed by atoms with Crippen LogP contribution in [0.3, 0.4) is 0 Å². The van der Waals surface area contributed by atoms with Gasteiger partial charge in [-0.05, 0) is 77.5 Å². The van der Waals surface area contributed by atoms with Crippen molar-refractivity contribution in [1.82, 2.24) is 19.9 Å². The summed E-state index contributed by atoms with van der Waals surface area (Å²) in [5, 5.41) is 29.8. The number of aliphatic hydroxyl groups is 2. The van der Waals surface area contributed by atoms with Crippen molar-refractivity contribution in [2.45, 2.75) is 68.7 Å². The summed E-state index contributed by atoms with van der Waals surface area (Å²) in [5.41, 5.74) is 2.75. The van der Waals surface area contributed by atoms with Gasteiger partial charge in [-0.15, -0.1) is 0 Å². The maximum atomic E-state index is 13.4. The Bertz CT molecular complexity index is 2400. The van der Waals surface area contributed by atoms with E-state index in [-0.39, 0.29) is 18.3 Å². The molecule has 7 rings (SSSR count). The quantitative estimate of drug-likeness (QED) is 0.0387. The minimum Gasteiger partial charge on any atom is -0.497 e. The van der Waals surface area contributed by atoms with Crippen molar-refractivity contribution in [3.63, 3.8) is 0 Å². The smallest absolute Gasteiger partial charge is 0.407 e. The normalized spacial score (nSPS) is 17.6. The van der Waals surface area contributed by atoms with E-state index in [4.69, 9.17) is 23.7 Å². The molecule has 1 aliphatic heterocycles. The Balaban J connectivity index is 1.18. The minimum absolute atomic E-state index is 0.138. The molecule has 330 valence electrons. The SMILES string of the molecule is COc1ccc(C(OC[C@H]2O[C@@H](n3cc(CCCNC(=O)OCC[Si](C)(C)C)c4c(NC(=O)c5ccccc5)ncnc43)[C@H](O)[C@@H]2O)(c2ccccc2)c2ccc(OC)cc2)cc1. The van der Waals surface area contributed by atoms with Crippen LogP contribution >= 0.6 is 0 Å². The lowest BCUT2D eigenvalue weighted by Crippen LogP contribution is -2.39. The number of hydrogen-bond acceptors (Lipinski definition) is 11. The number of alkyl carbamates (subject to hydrolysis) is 1. The molecule has 4 N–H and O–H groups in total. The van der Waals surface area contributed by atoms with Gasteiger partial charge in [0, 0.05) is 26.4 Å². The van der Waals surface area contributed by atoms with Crippen LogP contribution in [0, 0.1) is 0 Å². The van der Waals surface area contributed by atoms with Crippen molar-refractivity contribution in [3.8, 4) is 11.5 Å². The summed E-state index contributed by atoms with van der Waals surface area (Å²) >= 11 is 0. The molecule has 14 nitrogen and oxygen atoms in total. The first-order chi connectivity index (χ1) is 30.4. The van der Waals surface area contributed by atoms with Crippen LogP contribution in [0.4, 0.5) is 10.6 Å². The average molecular weight is 874 g/mol. The second kappa shape index (κ2) is 19.9. The predicted molar refractivity (Wildman–Crippen MR) is 242 cm³/mol. The van der Waals surface area contributed by atoms with Crippen molar-refractivity contribution in [3.05, 3.63) is 150 Å². The number of nitrogens with zero attached hydrogens (tertiary/aromatic N) is 3. The summed E-state index contributed by atoms with van der Waals surface area (Å²) in [6.45, 7) is 7.22. The third kappa shape index (κ3) is 10.2. The number of amides is 2. The Morgan fingerprint density at radius 2 is 1.41 bits per heavy atom. The number of carbonyl (C=O) groups is 2. The molecule has 0 bridgehead atoms. The van der Waals surface area contributed by atoms with Crippen LogP contribution in [-0.2, 0) is 26.2 Å². The van der Waals surface area contributed by atoms with Crippen LogP contribution in [0.15, 0.2) is 122 Å². The molecule has 2 aromatic heterocycles. The fraction of sp³-hybridized carbons (Fsp3) is 0.333. The predicted octanol–water partition coefficient (Wildman–Crippen LogP) is 7.33. The Hall–Kier alpha value is -6.10. The molecule has 0 radical (unpaired) electrons. The number of methoxy groups -OCH3 is 2. The van der Waals surface area contributed by atoms with Gasteiger partial charge in [-0.2, -0.15) is 0 Å². The number of anilines is 1. The number of hydrogen-bond donors (Lipinski definition) is 4. The molecular weight excluding hydrogens is 819 g/mol. The highest BCUT2D eigenvalue weighted by Gasteiger charge is 2.47. The molecule has 1 aliphatic rings. The molecule has 63 heavy (non-hydrogen) atoms. The summed E-state index contributed by atoms with van der Waals surface area (Å²) in [7, 11) is 1.85. The van der Waals surface area contributed by atoms with Crippen LogP contribution in [0.2, 0.25) is 25.7 Å².